The Bertz CT molecular complexity index is 604. The van der Waals surface area contributed by atoms with Crippen LogP contribution in [-0.4, -0.2) is 30.1 Å². The van der Waals surface area contributed by atoms with Gasteiger partial charge in [0.25, 0.3) is 5.91 Å². The summed E-state index contributed by atoms with van der Waals surface area (Å²) >= 11 is 3.14. The molecule has 1 saturated carbocycles. The average molecular weight is 351 g/mol. The number of aromatic nitrogens is 1. The van der Waals surface area contributed by atoms with Crippen LogP contribution in [0.4, 0.5) is 0 Å². The van der Waals surface area contributed by atoms with Crippen molar-refractivity contribution in [2.45, 2.75) is 44.6 Å². The van der Waals surface area contributed by atoms with Gasteiger partial charge in [-0.15, -0.1) is 11.3 Å². The van der Waals surface area contributed by atoms with Crippen LogP contribution in [-0.2, 0) is 4.74 Å². The Balaban J connectivity index is 1.36. The summed E-state index contributed by atoms with van der Waals surface area (Å²) in [4.78, 5) is 16.5. The van der Waals surface area contributed by atoms with Gasteiger partial charge in [0.05, 0.1) is 6.10 Å². The molecule has 0 saturated heterocycles. The van der Waals surface area contributed by atoms with Crippen LogP contribution in [0.3, 0.4) is 0 Å². The van der Waals surface area contributed by atoms with E-state index in [0.29, 0.717) is 18.3 Å². The van der Waals surface area contributed by atoms with Crippen molar-refractivity contribution in [1.82, 2.24) is 10.3 Å². The predicted octanol–water partition coefficient (Wildman–Crippen LogP) is 4.34. The molecule has 0 bridgehead atoms. The molecule has 0 radical (unpaired) electrons. The van der Waals surface area contributed by atoms with E-state index in [0.717, 1.165) is 23.6 Å². The molecule has 1 amide bonds. The Morgan fingerprint density at radius 2 is 2.17 bits per heavy atom. The Morgan fingerprint density at radius 1 is 1.30 bits per heavy atom. The summed E-state index contributed by atoms with van der Waals surface area (Å²) in [5.74, 6) is -0.0969. The Morgan fingerprint density at radius 3 is 2.96 bits per heavy atom. The summed E-state index contributed by atoms with van der Waals surface area (Å²) in [6.07, 6.45) is 7.59. The molecule has 0 atom stereocenters. The van der Waals surface area contributed by atoms with E-state index in [4.69, 9.17) is 4.74 Å². The summed E-state index contributed by atoms with van der Waals surface area (Å²) in [5.41, 5.74) is 1.59. The second-order valence-corrected chi connectivity index (χ2v) is 7.43. The maximum absolute atomic E-state index is 12.1. The first-order valence-corrected chi connectivity index (χ1v) is 10.0. The van der Waals surface area contributed by atoms with Crippen molar-refractivity contribution in [1.29, 1.82) is 0 Å². The minimum atomic E-state index is -0.0969. The zero-order chi connectivity index (χ0) is 15.9. The van der Waals surface area contributed by atoms with E-state index in [2.05, 4.69) is 10.3 Å². The highest BCUT2D eigenvalue weighted by atomic mass is 32.1. The summed E-state index contributed by atoms with van der Waals surface area (Å²) in [6.45, 7) is 1.36. The number of nitrogens with zero attached hydrogens (tertiary/aromatic N) is 1. The summed E-state index contributed by atoms with van der Waals surface area (Å²) < 4.78 is 5.86. The van der Waals surface area contributed by atoms with E-state index in [1.54, 1.807) is 11.3 Å². The Hall–Kier alpha value is -1.24. The molecule has 1 aliphatic rings. The van der Waals surface area contributed by atoms with Crippen LogP contribution < -0.4 is 5.32 Å². The smallest absolute Gasteiger partial charge is 0.270 e. The van der Waals surface area contributed by atoms with Gasteiger partial charge in [0, 0.05) is 29.5 Å². The number of hydrogen-bond acceptors (Lipinski definition) is 5. The molecule has 2 heterocycles. The van der Waals surface area contributed by atoms with Crippen molar-refractivity contribution in [2.24, 2.45) is 0 Å². The molecule has 0 unspecified atom stereocenters. The first-order chi connectivity index (χ1) is 11.3. The molecule has 0 aliphatic heterocycles. The number of carbonyl (C=O) groups is 1. The topological polar surface area (TPSA) is 51.2 Å². The first-order valence-electron chi connectivity index (χ1n) is 8.21. The van der Waals surface area contributed by atoms with Gasteiger partial charge in [-0.3, -0.25) is 4.79 Å². The molecule has 23 heavy (non-hydrogen) atoms. The van der Waals surface area contributed by atoms with Crippen molar-refractivity contribution in [3.63, 3.8) is 0 Å². The molecule has 3 rings (SSSR count). The number of ether oxygens (including phenoxy) is 1. The van der Waals surface area contributed by atoms with E-state index in [-0.39, 0.29) is 5.91 Å². The van der Waals surface area contributed by atoms with Crippen LogP contribution in [0.25, 0.3) is 10.6 Å². The largest absolute Gasteiger partial charge is 0.378 e. The lowest BCUT2D eigenvalue weighted by molar-refractivity contribution is 0.0273. The van der Waals surface area contributed by atoms with E-state index in [9.17, 15) is 4.79 Å². The number of carbonyl (C=O) groups excluding carboxylic acids is 1. The van der Waals surface area contributed by atoms with Crippen molar-refractivity contribution >= 4 is 28.6 Å². The van der Waals surface area contributed by atoms with Crippen LogP contribution in [0.2, 0.25) is 0 Å². The number of hydrogen-bond donors (Lipinski definition) is 1. The molecule has 6 heteroatoms. The second kappa shape index (κ2) is 8.57. The number of thiophene rings is 1. The second-order valence-electron chi connectivity index (χ2n) is 5.79. The highest BCUT2D eigenvalue weighted by Crippen LogP contribution is 2.25. The third-order valence-corrected chi connectivity index (χ3v) is 5.59. The molecule has 124 valence electrons. The van der Waals surface area contributed by atoms with E-state index in [1.165, 1.54) is 43.4 Å². The van der Waals surface area contributed by atoms with Gasteiger partial charge in [0.2, 0.25) is 0 Å². The normalized spacial score (nSPS) is 15.7. The molecule has 0 aromatic carbocycles. The zero-order valence-corrected chi connectivity index (χ0v) is 14.8. The Labute approximate surface area is 144 Å². The van der Waals surface area contributed by atoms with Crippen LogP contribution in [0, 0.1) is 0 Å². The fourth-order valence-corrected chi connectivity index (χ4v) is 4.26. The van der Waals surface area contributed by atoms with Gasteiger partial charge in [0.15, 0.2) is 0 Å². The quantitative estimate of drug-likeness (QED) is 0.756. The number of nitrogens with one attached hydrogen (secondary N) is 1. The van der Waals surface area contributed by atoms with Gasteiger partial charge in [-0.1, -0.05) is 19.3 Å². The van der Waals surface area contributed by atoms with Crippen molar-refractivity contribution in [3.05, 3.63) is 27.9 Å². The highest BCUT2D eigenvalue weighted by molar-refractivity contribution is 7.14. The third-order valence-electron chi connectivity index (χ3n) is 4.02. The van der Waals surface area contributed by atoms with E-state index >= 15 is 0 Å². The van der Waals surface area contributed by atoms with Crippen LogP contribution >= 0.6 is 22.7 Å². The minimum absolute atomic E-state index is 0.0969. The molecule has 1 N–H and O–H groups in total. The monoisotopic (exact) mass is 350 g/mol. The van der Waals surface area contributed by atoms with E-state index in [1.807, 2.05) is 22.2 Å². The standard InChI is InChI=1S/C17H22N2O2S2/c20-16(15-12-23-17(19-15)13-7-10-22-11-13)18-8-4-9-21-14-5-2-1-3-6-14/h7,10-12,14H,1-6,8-9H2,(H,18,20). The lowest BCUT2D eigenvalue weighted by Crippen LogP contribution is -2.26. The molecule has 0 spiro atoms. The zero-order valence-electron chi connectivity index (χ0n) is 13.1. The first kappa shape index (κ1) is 16.6. The van der Waals surface area contributed by atoms with Gasteiger partial charge < -0.3 is 10.1 Å². The molecular formula is C17H22N2O2S2. The van der Waals surface area contributed by atoms with Crippen molar-refractivity contribution in [2.75, 3.05) is 13.2 Å². The minimum Gasteiger partial charge on any atom is -0.378 e. The SMILES string of the molecule is O=C(NCCCOC1CCCCC1)c1csc(-c2ccsc2)n1. The van der Waals surface area contributed by atoms with Gasteiger partial charge in [-0.2, -0.15) is 11.3 Å². The van der Waals surface area contributed by atoms with Gasteiger partial charge in [-0.05, 0) is 30.7 Å². The van der Waals surface area contributed by atoms with Crippen molar-refractivity contribution < 1.29 is 9.53 Å². The van der Waals surface area contributed by atoms with Crippen LogP contribution in [0.5, 0.6) is 0 Å². The van der Waals surface area contributed by atoms with E-state index < -0.39 is 0 Å². The molecule has 2 aromatic rings. The fraction of sp³-hybridized carbons (Fsp3) is 0.529. The van der Waals surface area contributed by atoms with Gasteiger partial charge in [0.1, 0.15) is 10.7 Å². The highest BCUT2D eigenvalue weighted by Gasteiger charge is 2.14. The predicted molar refractivity (Wildman–Crippen MR) is 95.2 cm³/mol. The summed E-state index contributed by atoms with van der Waals surface area (Å²) in [5, 5.41) is 9.70. The average Bonchev–Trinajstić information content (AvgIpc) is 3.26. The fourth-order valence-electron chi connectivity index (χ4n) is 2.74. The van der Waals surface area contributed by atoms with Crippen molar-refractivity contribution in [3.8, 4) is 10.6 Å². The molecule has 2 aromatic heterocycles. The summed E-state index contributed by atoms with van der Waals surface area (Å²) in [7, 11) is 0. The lowest BCUT2D eigenvalue weighted by atomic mass is 9.98. The lowest BCUT2D eigenvalue weighted by Gasteiger charge is -2.21. The number of thiazole rings is 1. The molecule has 1 fully saturated rings. The van der Waals surface area contributed by atoms with Crippen LogP contribution in [0.15, 0.2) is 22.2 Å². The summed E-state index contributed by atoms with van der Waals surface area (Å²) in [6, 6.07) is 2.02. The van der Waals surface area contributed by atoms with Gasteiger partial charge in [-0.25, -0.2) is 4.98 Å². The maximum atomic E-state index is 12.1. The molecular weight excluding hydrogens is 328 g/mol. The number of amides is 1. The third kappa shape index (κ3) is 4.86. The molecule has 4 nitrogen and oxygen atoms in total. The number of rotatable bonds is 7. The maximum Gasteiger partial charge on any atom is 0.270 e. The van der Waals surface area contributed by atoms with Crippen LogP contribution in [0.1, 0.15) is 49.0 Å². The molecule has 1 aliphatic carbocycles. The Kier molecular flexibility index (Phi) is 6.19. The van der Waals surface area contributed by atoms with Gasteiger partial charge >= 0.3 is 0 Å².